The lowest BCUT2D eigenvalue weighted by Crippen LogP contribution is -2.11. The minimum Gasteiger partial charge on any atom is -0.388 e. The SMILES string of the molecule is OC1CCNCc2sc(Br)cc21. The molecule has 0 spiro atoms. The lowest BCUT2D eigenvalue weighted by atomic mass is 10.1. The molecule has 66 valence electrons. The molecular formula is C8H10BrNOS. The summed E-state index contributed by atoms with van der Waals surface area (Å²) in [6.07, 6.45) is 0.536. The summed E-state index contributed by atoms with van der Waals surface area (Å²) < 4.78 is 1.11. The predicted molar refractivity (Wildman–Crippen MR) is 53.3 cm³/mol. The van der Waals surface area contributed by atoms with Gasteiger partial charge in [-0.1, -0.05) is 0 Å². The van der Waals surface area contributed by atoms with Crippen LogP contribution in [-0.2, 0) is 6.54 Å². The molecule has 1 aromatic heterocycles. The first-order valence-electron chi connectivity index (χ1n) is 3.94. The highest BCUT2D eigenvalue weighted by Crippen LogP contribution is 2.33. The Labute approximate surface area is 83.7 Å². The topological polar surface area (TPSA) is 32.3 Å². The molecule has 0 aliphatic carbocycles. The Bertz CT molecular complexity index is 287. The summed E-state index contributed by atoms with van der Waals surface area (Å²) >= 11 is 5.13. The molecule has 1 atom stereocenters. The van der Waals surface area contributed by atoms with Crippen molar-refractivity contribution < 1.29 is 5.11 Å². The Morgan fingerprint density at radius 1 is 1.67 bits per heavy atom. The molecule has 2 N–H and O–H groups in total. The van der Waals surface area contributed by atoms with Gasteiger partial charge in [-0.25, -0.2) is 0 Å². The zero-order valence-electron chi connectivity index (χ0n) is 6.51. The van der Waals surface area contributed by atoms with E-state index in [1.807, 2.05) is 6.07 Å². The van der Waals surface area contributed by atoms with Crippen molar-refractivity contribution in [2.45, 2.75) is 19.1 Å². The highest BCUT2D eigenvalue weighted by atomic mass is 79.9. The summed E-state index contributed by atoms with van der Waals surface area (Å²) in [5, 5.41) is 13.0. The summed E-state index contributed by atoms with van der Waals surface area (Å²) in [5.74, 6) is 0. The quantitative estimate of drug-likeness (QED) is 0.736. The van der Waals surface area contributed by atoms with E-state index in [0.29, 0.717) is 0 Å². The first-order chi connectivity index (χ1) is 5.77. The second kappa shape index (κ2) is 3.46. The predicted octanol–water partition coefficient (Wildman–Crippen LogP) is 2.04. The Kier molecular flexibility index (Phi) is 2.50. The Morgan fingerprint density at radius 2 is 2.50 bits per heavy atom. The van der Waals surface area contributed by atoms with Gasteiger partial charge >= 0.3 is 0 Å². The van der Waals surface area contributed by atoms with Crippen molar-refractivity contribution in [1.82, 2.24) is 5.32 Å². The van der Waals surface area contributed by atoms with Crippen molar-refractivity contribution in [3.8, 4) is 0 Å². The van der Waals surface area contributed by atoms with Gasteiger partial charge in [0.15, 0.2) is 0 Å². The summed E-state index contributed by atoms with van der Waals surface area (Å²) in [7, 11) is 0. The van der Waals surface area contributed by atoms with Gasteiger partial charge in [0.2, 0.25) is 0 Å². The second-order valence-electron chi connectivity index (χ2n) is 2.91. The van der Waals surface area contributed by atoms with Gasteiger partial charge < -0.3 is 10.4 Å². The molecule has 0 aromatic carbocycles. The molecule has 12 heavy (non-hydrogen) atoms. The smallest absolute Gasteiger partial charge is 0.0813 e. The highest BCUT2D eigenvalue weighted by molar-refractivity contribution is 9.11. The summed E-state index contributed by atoms with van der Waals surface area (Å²) in [5.41, 5.74) is 1.09. The van der Waals surface area contributed by atoms with E-state index in [9.17, 15) is 5.11 Å². The second-order valence-corrected chi connectivity index (χ2v) is 5.43. The number of fused-ring (bicyclic) bond motifs is 1. The van der Waals surface area contributed by atoms with Crippen LogP contribution in [-0.4, -0.2) is 11.7 Å². The monoisotopic (exact) mass is 247 g/mol. The maximum absolute atomic E-state index is 9.70. The first-order valence-corrected chi connectivity index (χ1v) is 5.55. The lowest BCUT2D eigenvalue weighted by Gasteiger charge is -2.04. The largest absolute Gasteiger partial charge is 0.388 e. The average Bonchev–Trinajstić information content (AvgIpc) is 2.33. The first kappa shape index (κ1) is 8.69. The average molecular weight is 248 g/mol. The van der Waals surface area contributed by atoms with Gasteiger partial charge in [0.1, 0.15) is 0 Å². The molecule has 2 heterocycles. The minimum atomic E-state index is -0.280. The van der Waals surface area contributed by atoms with Crippen LogP contribution in [0.15, 0.2) is 9.85 Å². The van der Waals surface area contributed by atoms with E-state index in [1.54, 1.807) is 11.3 Å². The van der Waals surface area contributed by atoms with Gasteiger partial charge in [-0.2, -0.15) is 0 Å². The van der Waals surface area contributed by atoms with Crippen LogP contribution in [0, 0.1) is 0 Å². The van der Waals surface area contributed by atoms with E-state index in [2.05, 4.69) is 21.2 Å². The molecule has 0 fully saturated rings. The van der Waals surface area contributed by atoms with Crippen molar-refractivity contribution in [1.29, 1.82) is 0 Å². The number of rotatable bonds is 0. The van der Waals surface area contributed by atoms with Crippen LogP contribution in [0.4, 0.5) is 0 Å². The summed E-state index contributed by atoms with van der Waals surface area (Å²) in [6.45, 7) is 1.79. The molecule has 0 amide bonds. The van der Waals surface area contributed by atoms with Crippen molar-refractivity contribution in [3.63, 3.8) is 0 Å². The number of halogens is 1. The van der Waals surface area contributed by atoms with E-state index in [4.69, 9.17) is 0 Å². The molecule has 4 heteroatoms. The van der Waals surface area contributed by atoms with Gasteiger partial charge in [0, 0.05) is 11.4 Å². The molecule has 0 radical (unpaired) electrons. The summed E-state index contributed by atoms with van der Waals surface area (Å²) in [4.78, 5) is 1.26. The van der Waals surface area contributed by atoms with Crippen molar-refractivity contribution in [3.05, 3.63) is 20.3 Å². The third-order valence-electron chi connectivity index (χ3n) is 2.05. The van der Waals surface area contributed by atoms with Crippen LogP contribution >= 0.6 is 27.3 Å². The molecule has 0 saturated carbocycles. The van der Waals surface area contributed by atoms with Crippen molar-refractivity contribution in [2.24, 2.45) is 0 Å². The van der Waals surface area contributed by atoms with Crippen LogP contribution < -0.4 is 5.32 Å². The number of thiophene rings is 1. The molecule has 0 saturated heterocycles. The molecule has 1 aliphatic heterocycles. The van der Waals surface area contributed by atoms with Gasteiger partial charge in [0.25, 0.3) is 0 Å². The maximum Gasteiger partial charge on any atom is 0.0813 e. The standard InChI is InChI=1S/C8H10BrNOS/c9-8-3-5-6(11)1-2-10-4-7(5)12-8/h3,6,10-11H,1-2,4H2. The molecule has 2 nitrogen and oxygen atoms in total. The van der Waals surface area contributed by atoms with Crippen LogP contribution in [0.5, 0.6) is 0 Å². The third-order valence-corrected chi connectivity index (χ3v) is 3.70. The van der Waals surface area contributed by atoms with E-state index >= 15 is 0 Å². The lowest BCUT2D eigenvalue weighted by molar-refractivity contribution is 0.170. The molecule has 1 unspecified atom stereocenters. The summed E-state index contributed by atoms with van der Waals surface area (Å²) in [6, 6.07) is 2.03. The van der Waals surface area contributed by atoms with E-state index < -0.39 is 0 Å². The number of aliphatic hydroxyl groups is 1. The zero-order valence-corrected chi connectivity index (χ0v) is 8.91. The Balaban J connectivity index is 2.38. The minimum absolute atomic E-state index is 0.280. The van der Waals surface area contributed by atoms with Gasteiger partial charge in [0.05, 0.1) is 9.89 Å². The number of nitrogens with one attached hydrogen (secondary N) is 1. The zero-order chi connectivity index (χ0) is 8.55. The fraction of sp³-hybridized carbons (Fsp3) is 0.500. The van der Waals surface area contributed by atoms with Crippen LogP contribution in [0.1, 0.15) is 23.0 Å². The van der Waals surface area contributed by atoms with Crippen LogP contribution in [0.2, 0.25) is 0 Å². The molecular weight excluding hydrogens is 238 g/mol. The maximum atomic E-state index is 9.70. The molecule has 2 rings (SSSR count). The Hall–Kier alpha value is 0.100. The van der Waals surface area contributed by atoms with Crippen molar-refractivity contribution in [2.75, 3.05) is 6.54 Å². The van der Waals surface area contributed by atoms with E-state index in [-0.39, 0.29) is 6.10 Å². The fourth-order valence-electron chi connectivity index (χ4n) is 1.43. The molecule has 1 aliphatic rings. The molecule has 0 bridgehead atoms. The fourth-order valence-corrected chi connectivity index (χ4v) is 3.17. The van der Waals surface area contributed by atoms with E-state index in [0.717, 1.165) is 28.9 Å². The van der Waals surface area contributed by atoms with Gasteiger partial charge in [-0.15, -0.1) is 11.3 Å². The van der Waals surface area contributed by atoms with Crippen molar-refractivity contribution >= 4 is 27.3 Å². The van der Waals surface area contributed by atoms with Gasteiger partial charge in [-0.3, -0.25) is 0 Å². The normalized spacial score (nSPS) is 23.3. The van der Waals surface area contributed by atoms with E-state index in [1.165, 1.54) is 4.88 Å². The Morgan fingerprint density at radius 3 is 3.33 bits per heavy atom. The van der Waals surface area contributed by atoms with Gasteiger partial charge in [-0.05, 0) is 40.5 Å². The van der Waals surface area contributed by atoms with Crippen LogP contribution in [0.3, 0.4) is 0 Å². The van der Waals surface area contributed by atoms with Crippen LogP contribution in [0.25, 0.3) is 0 Å². The molecule has 1 aromatic rings. The number of hydrogen-bond donors (Lipinski definition) is 2. The number of hydrogen-bond acceptors (Lipinski definition) is 3. The number of aliphatic hydroxyl groups excluding tert-OH is 1. The third kappa shape index (κ3) is 1.57. The highest BCUT2D eigenvalue weighted by Gasteiger charge is 2.18.